The second-order valence-electron chi connectivity index (χ2n) is 3.90. The van der Waals surface area contributed by atoms with E-state index in [2.05, 4.69) is 0 Å². The monoisotopic (exact) mass is 251 g/mol. The standard InChI is InChI=1S/C13H14ClNO2/c14-12-7-4-8-15(9-12)13(16)17-10-11-5-2-1-3-6-11/h1-3,5-7H,4,8-10H2. The van der Waals surface area contributed by atoms with Crippen LogP contribution in [-0.4, -0.2) is 24.1 Å². The first-order valence-corrected chi connectivity index (χ1v) is 5.93. The first-order valence-electron chi connectivity index (χ1n) is 5.56. The van der Waals surface area contributed by atoms with Crippen molar-refractivity contribution >= 4 is 17.7 Å². The molecule has 0 saturated carbocycles. The second kappa shape index (κ2) is 5.73. The molecule has 1 heterocycles. The summed E-state index contributed by atoms with van der Waals surface area (Å²) < 4.78 is 5.22. The summed E-state index contributed by atoms with van der Waals surface area (Å²) in [5.41, 5.74) is 0.986. The van der Waals surface area contributed by atoms with Crippen LogP contribution in [0, 0.1) is 0 Å². The van der Waals surface area contributed by atoms with Gasteiger partial charge in [0.25, 0.3) is 0 Å². The van der Waals surface area contributed by atoms with E-state index in [4.69, 9.17) is 16.3 Å². The van der Waals surface area contributed by atoms with Gasteiger partial charge in [-0.1, -0.05) is 48.0 Å². The fraction of sp³-hybridized carbons (Fsp3) is 0.308. The molecule has 2 rings (SSSR count). The van der Waals surface area contributed by atoms with Gasteiger partial charge in [-0.2, -0.15) is 0 Å². The van der Waals surface area contributed by atoms with Crippen LogP contribution in [0.2, 0.25) is 0 Å². The number of benzene rings is 1. The van der Waals surface area contributed by atoms with E-state index in [1.54, 1.807) is 4.90 Å². The van der Waals surface area contributed by atoms with Crippen molar-refractivity contribution in [3.63, 3.8) is 0 Å². The Labute approximate surface area is 106 Å². The minimum atomic E-state index is -0.305. The highest BCUT2D eigenvalue weighted by Gasteiger charge is 2.18. The minimum Gasteiger partial charge on any atom is -0.445 e. The normalized spacial score (nSPS) is 15.4. The van der Waals surface area contributed by atoms with Crippen molar-refractivity contribution in [2.24, 2.45) is 0 Å². The van der Waals surface area contributed by atoms with Gasteiger partial charge in [-0.3, -0.25) is 0 Å². The van der Waals surface area contributed by atoms with Gasteiger partial charge in [-0.05, 0) is 12.0 Å². The van der Waals surface area contributed by atoms with Gasteiger partial charge in [-0.25, -0.2) is 4.79 Å². The number of ether oxygens (including phenoxy) is 1. The molecule has 0 bridgehead atoms. The molecule has 1 aliphatic rings. The molecule has 0 radical (unpaired) electrons. The van der Waals surface area contributed by atoms with E-state index >= 15 is 0 Å². The molecule has 0 saturated heterocycles. The number of carbonyl (C=O) groups excluding carboxylic acids is 1. The Balaban J connectivity index is 1.84. The maximum atomic E-state index is 11.7. The quantitative estimate of drug-likeness (QED) is 0.808. The predicted octanol–water partition coefficient (Wildman–Crippen LogP) is 3.15. The predicted molar refractivity (Wildman–Crippen MR) is 66.8 cm³/mol. The lowest BCUT2D eigenvalue weighted by molar-refractivity contribution is 0.0990. The summed E-state index contributed by atoms with van der Waals surface area (Å²) in [5, 5.41) is 0.702. The fourth-order valence-corrected chi connectivity index (χ4v) is 1.92. The molecule has 0 unspecified atom stereocenters. The number of carbonyl (C=O) groups is 1. The Morgan fingerprint density at radius 2 is 2.12 bits per heavy atom. The van der Waals surface area contributed by atoms with Crippen LogP contribution in [0.15, 0.2) is 41.4 Å². The molecule has 3 nitrogen and oxygen atoms in total. The summed E-state index contributed by atoms with van der Waals surface area (Å²) in [6.45, 7) is 1.43. The molecule has 0 aliphatic carbocycles. The van der Waals surface area contributed by atoms with Gasteiger partial charge in [0.05, 0.1) is 6.54 Å². The van der Waals surface area contributed by atoms with Crippen LogP contribution in [-0.2, 0) is 11.3 Å². The smallest absolute Gasteiger partial charge is 0.410 e. The number of nitrogens with zero attached hydrogens (tertiary/aromatic N) is 1. The Morgan fingerprint density at radius 1 is 1.35 bits per heavy atom. The zero-order valence-electron chi connectivity index (χ0n) is 9.43. The molecule has 1 aromatic rings. The molecular formula is C13H14ClNO2. The zero-order chi connectivity index (χ0) is 12.1. The minimum absolute atomic E-state index is 0.303. The molecule has 4 heteroatoms. The molecule has 1 amide bonds. The first kappa shape index (κ1) is 12.0. The molecule has 1 aliphatic heterocycles. The van der Waals surface area contributed by atoms with Crippen LogP contribution >= 0.6 is 11.6 Å². The maximum absolute atomic E-state index is 11.7. The van der Waals surface area contributed by atoms with Gasteiger partial charge in [0.15, 0.2) is 0 Å². The fourth-order valence-electron chi connectivity index (χ4n) is 1.67. The Morgan fingerprint density at radius 3 is 2.82 bits per heavy atom. The van der Waals surface area contributed by atoms with Crippen molar-refractivity contribution in [2.75, 3.05) is 13.1 Å². The number of hydrogen-bond donors (Lipinski definition) is 0. The topological polar surface area (TPSA) is 29.5 Å². The average Bonchev–Trinajstić information content (AvgIpc) is 2.37. The largest absolute Gasteiger partial charge is 0.445 e. The molecule has 0 atom stereocenters. The Bertz CT molecular complexity index is 417. The van der Waals surface area contributed by atoms with Crippen LogP contribution in [0.3, 0.4) is 0 Å². The van der Waals surface area contributed by atoms with Gasteiger partial charge in [0.2, 0.25) is 0 Å². The van der Waals surface area contributed by atoms with Crippen LogP contribution in [0.1, 0.15) is 12.0 Å². The average molecular weight is 252 g/mol. The molecule has 0 spiro atoms. The summed E-state index contributed by atoms with van der Waals surface area (Å²) in [6.07, 6.45) is 2.42. The summed E-state index contributed by atoms with van der Waals surface area (Å²) in [4.78, 5) is 13.4. The molecule has 17 heavy (non-hydrogen) atoms. The maximum Gasteiger partial charge on any atom is 0.410 e. The number of hydrogen-bond acceptors (Lipinski definition) is 2. The Kier molecular flexibility index (Phi) is 4.04. The van der Waals surface area contributed by atoms with Gasteiger partial charge in [-0.15, -0.1) is 0 Å². The lowest BCUT2D eigenvalue weighted by Crippen LogP contribution is -2.35. The molecule has 0 N–H and O–H groups in total. The van der Waals surface area contributed by atoms with Gasteiger partial charge in [0, 0.05) is 11.6 Å². The summed E-state index contributed by atoms with van der Waals surface area (Å²) in [6, 6.07) is 9.63. The third kappa shape index (κ3) is 3.49. The summed E-state index contributed by atoms with van der Waals surface area (Å²) in [5.74, 6) is 0. The molecule has 90 valence electrons. The lowest BCUT2D eigenvalue weighted by atomic mass is 10.2. The third-order valence-corrected chi connectivity index (χ3v) is 2.84. The highest BCUT2D eigenvalue weighted by atomic mass is 35.5. The van der Waals surface area contributed by atoms with Crippen LogP contribution in [0.5, 0.6) is 0 Å². The van der Waals surface area contributed by atoms with Crippen molar-refractivity contribution in [3.05, 3.63) is 47.0 Å². The molecule has 0 aromatic heterocycles. The van der Waals surface area contributed by atoms with Crippen molar-refractivity contribution in [2.45, 2.75) is 13.0 Å². The SMILES string of the molecule is O=C(OCc1ccccc1)N1CCC=C(Cl)C1. The summed E-state index contributed by atoms with van der Waals surface area (Å²) in [7, 11) is 0. The second-order valence-corrected chi connectivity index (χ2v) is 4.39. The number of amides is 1. The van der Waals surface area contributed by atoms with E-state index in [0.717, 1.165) is 12.0 Å². The van der Waals surface area contributed by atoms with Gasteiger partial charge >= 0.3 is 6.09 Å². The lowest BCUT2D eigenvalue weighted by Gasteiger charge is -2.24. The van der Waals surface area contributed by atoms with E-state index in [1.807, 2.05) is 36.4 Å². The van der Waals surface area contributed by atoms with Crippen molar-refractivity contribution < 1.29 is 9.53 Å². The van der Waals surface area contributed by atoms with E-state index in [-0.39, 0.29) is 6.09 Å². The van der Waals surface area contributed by atoms with E-state index in [9.17, 15) is 4.79 Å². The molecular weight excluding hydrogens is 238 g/mol. The van der Waals surface area contributed by atoms with Crippen molar-refractivity contribution in [1.82, 2.24) is 4.90 Å². The van der Waals surface area contributed by atoms with Crippen LogP contribution < -0.4 is 0 Å². The van der Waals surface area contributed by atoms with Crippen molar-refractivity contribution in [1.29, 1.82) is 0 Å². The zero-order valence-corrected chi connectivity index (χ0v) is 10.2. The Hall–Kier alpha value is -1.48. The highest BCUT2D eigenvalue weighted by Crippen LogP contribution is 2.14. The van der Waals surface area contributed by atoms with Crippen LogP contribution in [0.4, 0.5) is 4.79 Å². The van der Waals surface area contributed by atoms with E-state index in [0.29, 0.717) is 24.7 Å². The first-order chi connectivity index (χ1) is 8.25. The van der Waals surface area contributed by atoms with Gasteiger partial charge in [0.1, 0.15) is 6.61 Å². The number of halogens is 1. The third-order valence-electron chi connectivity index (χ3n) is 2.57. The molecule has 0 fully saturated rings. The van der Waals surface area contributed by atoms with E-state index < -0.39 is 0 Å². The van der Waals surface area contributed by atoms with Crippen LogP contribution in [0.25, 0.3) is 0 Å². The van der Waals surface area contributed by atoms with Gasteiger partial charge < -0.3 is 9.64 Å². The summed E-state index contributed by atoms with van der Waals surface area (Å²) >= 11 is 5.88. The van der Waals surface area contributed by atoms with E-state index in [1.165, 1.54) is 0 Å². The van der Waals surface area contributed by atoms with Crippen molar-refractivity contribution in [3.8, 4) is 0 Å². The molecule has 1 aromatic carbocycles. The highest BCUT2D eigenvalue weighted by molar-refractivity contribution is 6.30. The number of rotatable bonds is 2.